The molecule has 2 aromatic rings. The van der Waals surface area contributed by atoms with Crippen molar-refractivity contribution in [2.45, 2.75) is 12.8 Å². The van der Waals surface area contributed by atoms with Crippen LogP contribution in [0, 0.1) is 10.1 Å². The smallest absolute Gasteiger partial charge is 0.282 e. The van der Waals surface area contributed by atoms with Crippen LogP contribution in [-0.2, 0) is 4.79 Å². The molecule has 1 heterocycles. The number of carbonyl (C=O) groups is 2. The van der Waals surface area contributed by atoms with Gasteiger partial charge in [-0.2, -0.15) is 0 Å². The Hall–Kier alpha value is -3.22. The van der Waals surface area contributed by atoms with Crippen LogP contribution in [-0.4, -0.2) is 23.3 Å². The average Bonchev–Trinajstić information content (AvgIpc) is 3.01. The van der Waals surface area contributed by atoms with Crippen LogP contribution < -0.4 is 10.2 Å². The lowest BCUT2D eigenvalue weighted by Gasteiger charge is -2.16. The molecule has 0 saturated carbocycles. The molecular formula is C17H15N3O4. The first kappa shape index (κ1) is 15.7. The first-order chi connectivity index (χ1) is 11.6. The van der Waals surface area contributed by atoms with Crippen molar-refractivity contribution in [1.82, 2.24) is 0 Å². The van der Waals surface area contributed by atoms with Gasteiger partial charge < -0.3 is 10.2 Å². The van der Waals surface area contributed by atoms with Crippen molar-refractivity contribution in [1.29, 1.82) is 0 Å². The number of carbonyl (C=O) groups excluding carboxylic acids is 2. The Labute approximate surface area is 138 Å². The van der Waals surface area contributed by atoms with Gasteiger partial charge in [-0.1, -0.05) is 12.1 Å². The summed E-state index contributed by atoms with van der Waals surface area (Å²) >= 11 is 0. The maximum absolute atomic E-state index is 12.3. The second-order valence-electron chi connectivity index (χ2n) is 5.42. The van der Waals surface area contributed by atoms with Crippen molar-refractivity contribution in [2.24, 2.45) is 0 Å². The van der Waals surface area contributed by atoms with Crippen LogP contribution in [0.25, 0.3) is 0 Å². The second-order valence-corrected chi connectivity index (χ2v) is 5.42. The lowest BCUT2D eigenvalue weighted by atomic mass is 10.1. The summed E-state index contributed by atoms with van der Waals surface area (Å²) in [6.45, 7) is 0.695. The molecule has 3 rings (SSSR count). The predicted molar refractivity (Wildman–Crippen MR) is 89.1 cm³/mol. The van der Waals surface area contributed by atoms with E-state index in [-0.39, 0.29) is 17.2 Å². The summed E-state index contributed by atoms with van der Waals surface area (Å²) in [6, 6.07) is 12.6. The Morgan fingerprint density at radius 2 is 1.83 bits per heavy atom. The van der Waals surface area contributed by atoms with Gasteiger partial charge in [0.15, 0.2) is 0 Å². The van der Waals surface area contributed by atoms with E-state index in [1.54, 1.807) is 35.2 Å². The standard InChI is InChI=1S/C17H15N3O4/c21-16-6-3-11-19(16)13-9-7-12(8-10-13)18-17(22)14-4-1-2-5-15(14)20(23)24/h1-2,4-5,7-10H,3,6,11H2,(H,18,22). The van der Waals surface area contributed by atoms with Gasteiger partial charge in [0.1, 0.15) is 5.56 Å². The highest BCUT2D eigenvalue weighted by Gasteiger charge is 2.22. The van der Waals surface area contributed by atoms with Gasteiger partial charge >= 0.3 is 0 Å². The molecule has 2 amide bonds. The Morgan fingerprint density at radius 1 is 1.12 bits per heavy atom. The van der Waals surface area contributed by atoms with E-state index < -0.39 is 10.8 Å². The topological polar surface area (TPSA) is 92.6 Å². The zero-order valence-corrected chi connectivity index (χ0v) is 12.8. The van der Waals surface area contributed by atoms with E-state index in [9.17, 15) is 19.7 Å². The molecule has 2 aromatic carbocycles. The van der Waals surface area contributed by atoms with Crippen molar-refractivity contribution < 1.29 is 14.5 Å². The highest BCUT2D eigenvalue weighted by molar-refractivity contribution is 6.07. The van der Waals surface area contributed by atoms with E-state index in [1.165, 1.54) is 18.2 Å². The van der Waals surface area contributed by atoms with Gasteiger partial charge in [-0.3, -0.25) is 19.7 Å². The summed E-state index contributed by atoms with van der Waals surface area (Å²) < 4.78 is 0. The molecule has 1 saturated heterocycles. The maximum atomic E-state index is 12.3. The number of hydrogen-bond acceptors (Lipinski definition) is 4. The first-order valence-corrected chi connectivity index (χ1v) is 7.51. The highest BCUT2D eigenvalue weighted by atomic mass is 16.6. The van der Waals surface area contributed by atoms with Crippen molar-refractivity contribution >= 4 is 28.9 Å². The van der Waals surface area contributed by atoms with E-state index in [1.807, 2.05) is 0 Å². The van der Waals surface area contributed by atoms with Crippen LogP contribution in [0.15, 0.2) is 48.5 Å². The zero-order chi connectivity index (χ0) is 17.1. The minimum Gasteiger partial charge on any atom is -0.322 e. The summed E-state index contributed by atoms with van der Waals surface area (Å²) in [6.07, 6.45) is 1.39. The number of benzene rings is 2. The molecule has 1 N–H and O–H groups in total. The van der Waals surface area contributed by atoms with Crippen LogP contribution in [0.3, 0.4) is 0 Å². The molecule has 1 aliphatic rings. The number of nitrogens with zero attached hydrogens (tertiary/aromatic N) is 2. The third-order valence-electron chi connectivity index (χ3n) is 3.86. The highest BCUT2D eigenvalue weighted by Crippen LogP contribution is 2.24. The Balaban J connectivity index is 1.76. The number of nitro benzene ring substituents is 1. The van der Waals surface area contributed by atoms with Crippen LogP contribution in [0.4, 0.5) is 17.1 Å². The van der Waals surface area contributed by atoms with Gasteiger partial charge in [0.25, 0.3) is 11.6 Å². The molecule has 0 atom stereocenters. The largest absolute Gasteiger partial charge is 0.322 e. The van der Waals surface area contributed by atoms with E-state index in [4.69, 9.17) is 0 Å². The number of hydrogen-bond donors (Lipinski definition) is 1. The van der Waals surface area contributed by atoms with Gasteiger partial charge in [-0.25, -0.2) is 0 Å². The summed E-state index contributed by atoms with van der Waals surface area (Å²) in [5, 5.41) is 13.6. The Bertz CT molecular complexity index is 802. The van der Waals surface area contributed by atoms with E-state index >= 15 is 0 Å². The van der Waals surface area contributed by atoms with Gasteiger partial charge in [-0.05, 0) is 36.8 Å². The van der Waals surface area contributed by atoms with Crippen molar-refractivity contribution in [3.8, 4) is 0 Å². The van der Waals surface area contributed by atoms with E-state index in [2.05, 4.69) is 5.32 Å². The van der Waals surface area contributed by atoms with Gasteiger partial charge in [0.2, 0.25) is 5.91 Å². The van der Waals surface area contributed by atoms with Gasteiger partial charge in [0, 0.05) is 30.4 Å². The Kier molecular flexibility index (Phi) is 4.24. The summed E-state index contributed by atoms with van der Waals surface area (Å²) in [5.41, 5.74) is 1.05. The summed E-state index contributed by atoms with van der Waals surface area (Å²) in [7, 11) is 0. The molecule has 0 spiro atoms. The Morgan fingerprint density at radius 3 is 2.46 bits per heavy atom. The molecule has 1 fully saturated rings. The normalized spacial score (nSPS) is 13.8. The molecule has 0 unspecified atom stereocenters. The maximum Gasteiger partial charge on any atom is 0.282 e. The number of rotatable bonds is 4. The summed E-state index contributed by atoms with van der Waals surface area (Å²) in [4.78, 5) is 36.1. The van der Waals surface area contributed by atoms with Crippen LogP contribution in [0.5, 0.6) is 0 Å². The van der Waals surface area contributed by atoms with E-state index in [0.29, 0.717) is 18.7 Å². The number of anilines is 2. The number of nitro groups is 1. The second kappa shape index (κ2) is 6.49. The van der Waals surface area contributed by atoms with Crippen LogP contribution in [0.2, 0.25) is 0 Å². The minimum absolute atomic E-state index is 0.00120. The fourth-order valence-corrected chi connectivity index (χ4v) is 2.67. The van der Waals surface area contributed by atoms with Crippen LogP contribution >= 0.6 is 0 Å². The minimum atomic E-state index is -0.586. The zero-order valence-electron chi connectivity index (χ0n) is 12.8. The first-order valence-electron chi connectivity index (χ1n) is 7.51. The number of amides is 2. The molecule has 0 radical (unpaired) electrons. The van der Waals surface area contributed by atoms with Crippen LogP contribution in [0.1, 0.15) is 23.2 Å². The molecule has 0 bridgehead atoms. The van der Waals surface area contributed by atoms with Crippen molar-refractivity contribution in [3.63, 3.8) is 0 Å². The predicted octanol–water partition coefficient (Wildman–Crippen LogP) is 2.97. The SMILES string of the molecule is O=C(Nc1ccc(N2CCCC2=O)cc1)c1ccccc1[N+](=O)[O-]. The molecule has 0 aliphatic carbocycles. The lowest BCUT2D eigenvalue weighted by Crippen LogP contribution is -2.23. The molecule has 122 valence electrons. The third kappa shape index (κ3) is 3.10. The summed E-state index contributed by atoms with van der Waals surface area (Å²) in [5.74, 6) is -0.459. The van der Waals surface area contributed by atoms with Gasteiger partial charge in [-0.15, -0.1) is 0 Å². The fourth-order valence-electron chi connectivity index (χ4n) is 2.67. The van der Waals surface area contributed by atoms with Crippen molar-refractivity contribution in [2.75, 3.05) is 16.8 Å². The third-order valence-corrected chi connectivity index (χ3v) is 3.86. The molecule has 7 heteroatoms. The lowest BCUT2D eigenvalue weighted by molar-refractivity contribution is -0.385. The number of nitrogens with one attached hydrogen (secondary N) is 1. The molecule has 7 nitrogen and oxygen atoms in total. The molecule has 0 aromatic heterocycles. The van der Waals surface area contributed by atoms with E-state index in [0.717, 1.165) is 12.1 Å². The quantitative estimate of drug-likeness (QED) is 0.691. The monoisotopic (exact) mass is 325 g/mol. The van der Waals surface area contributed by atoms with Gasteiger partial charge in [0.05, 0.1) is 4.92 Å². The molecule has 1 aliphatic heterocycles. The average molecular weight is 325 g/mol. The molecular weight excluding hydrogens is 310 g/mol. The molecule has 24 heavy (non-hydrogen) atoms. The fraction of sp³-hybridized carbons (Fsp3) is 0.176. The van der Waals surface area contributed by atoms with Crippen molar-refractivity contribution in [3.05, 3.63) is 64.2 Å². The number of para-hydroxylation sites is 1.